The van der Waals surface area contributed by atoms with Crippen molar-refractivity contribution < 1.29 is 4.79 Å². The highest BCUT2D eigenvalue weighted by molar-refractivity contribution is 5.92. The summed E-state index contributed by atoms with van der Waals surface area (Å²) in [5.74, 6) is 0.655. The van der Waals surface area contributed by atoms with Crippen molar-refractivity contribution in [2.75, 3.05) is 18.0 Å². The molecule has 5 heteroatoms. The molecule has 1 aromatic heterocycles. The molecule has 3 rings (SSSR count). The highest BCUT2D eigenvalue weighted by Crippen LogP contribution is 2.17. The van der Waals surface area contributed by atoms with Crippen LogP contribution in [0.2, 0.25) is 0 Å². The summed E-state index contributed by atoms with van der Waals surface area (Å²) >= 11 is 0. The van der Waals surface area contributed by atoms with Gasteiger partial charge in [-0.25, -0.2) is 0 Å². The molecule has 114 valence electrons. The molecule has 1 aliphatic heterocycles. The third kappa shape index (κ3) is 3.24. The minimum atomic E-state index is -0.197. The van der Waals surface area contributed by atoms with Crippen LogP contribution in [0.1, 0.15) is 41.9 Å². The molecule has 1 saturated heterocycles. The zero-order valence-corrected chi connectivity index (χ0v) is 12.7. The largest absolute Gasteiger partial charge is 0.355 e. The van der Waals surface area contributed by atoms with Gasteiger partial charge in [-0.3, -0.25) is 4.79 Å². The summed E-state index contributed by atoms with van der Waals surface area (Å²) in [7, 11) is 0. The molecular formula is C17H20N4O. The van der Waals surface area contributed by atoms with Gasteiger partial charge >= 0.3 is 0 Å². The first kappa shape index (κ1) is 14.5. The Morgan fingerprint density at radius 1 is 1.09 bits per heavy atom. The van der Waals surface area contributed by atoms with Crippen LogP contribution in [0.25, 0.3) is 0 Å². The normalized spacial score (nSPS) is 15.6. The van der Waals surface area contributed by atoms with Gasteiger partial charge in [-0.1, -0.05) is 30.3 Å². The monoisotopic (exact) mass is 296 g/mol. The Balaban J connectivity index is 1.64. The quantitative estimate of drug-likeness (QED) is 0.942. The number of hydrogen-bond donors (Lipinski definition) is 1. The molecule has 22 heavy (non-hydrogen) atoms. The maximum absolute atomic E-state index is 12.2. The van der Waals surface area contributed by atoms with Crippen molar-refractivity contribution in [1.82, 2.24) is 15.5 Å². The maximum atomic E-state index is 12.2. The van der Waals surface area contributed by atoms with Crippen LogP contribution in [0, 0.1) is 0 Å². The van der Waals surface area contributed by atoms with Crippen molar-refractivity contribution in [2.24, 2.45) is 0 Å². The van der Waals surface area contributed by atoms with Gasteiger partial charge in [0.05, 0.1) is 6.04 Å². The van der Waals surface area contributed by atoms with Crippen LogP contribution in [-0.2, 0) is 0 Å². The van der Waals surface area contributed by atoms with Gasteiger partial charge in [0.2, 0.25) is 0 Å². The second kappa shape index (κ2) is 6.56. The van der Waals surface area contributed by atoms with Gasteiger partial charge in [0.15, 0.2) is 11.5 Å². The van der Waals surface area contributed by atoms with Crippen molar-refractivity contribution in [3.63, 3.8) is 0 Å². The van der Waals surface area contributed by atoms with E-state index in [0.29, 0.717) is 5.69 Å². The van der Waals surface area contributed by atoms with E-state index in [4.69, 9.17) is 0 Å². The third-order valence-electron chi connectivity index (χ3n) is 3.96. The molecule has 0 unspecified atom stereocenters. The SMILES string of the molecule is C[C@H](NC(=O)c1ccc(N2CCCC2)nn1)c1ccccc1. The third-order valence-corrected chi connectivity index (χ3v) is 3.96. The van der Waals surface area contributed by atoms with E-state index in [9.17, 15) is 4.79 Å². The van der Waals surface area contributed by atoms with Crippen LogP contribution in [0.4, 0.5) is 5.82 Å². The van der Waals surface area contributed by atoms with Crippen LogP contribution in [0.3, 0.4) is 0 Å². The summed E-state index contributed by atoms with van der Waals surface area (Å²) in [4.78, 5) is 14.4. The van der Waals surface area contributed by atoms with Gasteiger partial charge in [0.1, 0.15) is 0 Å². The lowest BCUT2D eigenvalue weighted by molar-refractivity contribution is 0.0934. The van der Waals surface area contributed by atoms with Crippen molar-refractivity contribution in [1.29, 1.82) is 0 Å². The second-order valence-electron chi connectivity index (χ2n) is 5.58. The van der Waals surface area contributed by atoms with Gasteiger partial charge in [-0.05, 0) is 37.5 Å². The molecule has 1 atom stereocenters. The molecule has 1 N–H and O–H groups in total. The van der Waals surface area contributed by atoms with E-state index >= 15 is 0 Å². The van der Waals surface area contributed by atoms with Crippen LogP contribution in [0.5, 0.6) is 0 Å². The number of nitrogens with one attached hydrogen (secondary N) is 1. The van der Waals surface area contributed by atoms with Crippen LogP contribution < -0.4 is 10.2 Å². The molecule has 1 aromatic carbocycles. The van der Waals surface area contributed by atoms with E-state index < -0.39 is 0 Å². The van der Waals surface area contributed by atoms with E-state index in [0.717, 1.165) is 24.5 Å². The Morgan fingerprint density at radius 2 is 1.82 bits per heavy atom. The Hall–Kier alpha value is -2.43. The highest BCUT2D eigenvalue weighted by Gasteiger charge is 2.16. The fourth-order valence-corrected chi connectivity index (χ4v) is 2.66. The minimum absolute atomic E-state index is 0.0613. The Morgan fingerprint density at radius 3 is 2.45 bits per heavy atom. The second-order valence-corrected chi connectivity index (χ2v) is 5.58. The number of anilines is 1. The lowest BCUT2D eigenvalue weighted by Crippen LogP contribution is -2.28. The van der Waals surface area contributed by atoms with Crippen LogP contribution >= 0.6 is 0 Å². The Labute approximate surface area is 130 Å². The molecule has 1 fully saturated rings. The number of carbonyl (C=O) groups is 1. The van der Waals surface area contributed by atoms with E-state index in [1.807, 2.05) is 43.3 Å². The molecule has 2 aromatic rings. The zero-order chi connectivity index (χ0) is 15.4. The maximum Gasteiger partial charge on any atom is 0.272 e. The Kier molecular flexibility index (Phi) is 4.32. The number of nitrogens with zero attached hydrogens (tertiary/aromatic N) is 3. The lowest BCUT2D eigenvalue weighted by Gasteiger charge is -2.16. The number of benzene rings is 1. The first-order valence-electron chi connectivity index (χ1n) is 7.68. The molecule has 0 radical (unpaired) electrons. The molecule has 0 aliphatic carbocycles. The summed E-state index contributed by atoms with van der Waals surface area (Å²) in [6.07, 6.45) is 2.39. The first-order chi connectivity index (χ1) is 10.7. The summed E-state index contributed by atoms with van der Waals surface area (Å²) in [5, 5.41) is 11.2. The van der Waals surface area contributed by atoms with Gasteiger partial charge in [-0.15, -0.1) is 10.2 Å². The van der Waals surface area contributed by atoms with Gasteiger partial charge in [0, 0.05) is 13.1 Å². The van der Waals surface area contributed by atoms with Crippen molar-refractivity contribution in [2.45, 2.75) is 25.8 Å². The molecule has 1 amide bonds. The standard InChI is InChI=1S/C17H20N4O/c1-13(14-7-3-2-4-8-14)18-17(22)15-9-10-16(20-19-15)21-11-5-6-12-21/h2-4,7-10,13H,5-6,11-12H2,1H3,(H,18,22)/t13-/m0/s1. The average molecular weight is 296 g/mol. The van der Waals surface area contributed by atoms with E-state index in [1.54, 1.807) is 6.07 Å². The molecule has 0 bridgehead atoms. The number of hydrogen-bond acceptors (Lipinski definition) is 4. The Bertz CT molecular complexity index is 621. The smallest absolute Gasteiger partial charge is 0.272 e. The molecule has 1 aliphatic rings. The zero-order valence-electron chi connectivity index (χ0n) is 12.7. The van der Waals surface area contributed by atoms with E-state index in [-0.39, 0.29) is 11.9 Å². The number of aromatic nitrogens is 2. The molecule has 0 saturated carbocycles. The molecule has 0 spiro atoms. The fourth-order valence-electron chi connectivity index (χ4n) is 2.66. The van der Waals surface area contributed by atoms with Crippen LogP contribution in [-0.4, -0.2) is 29.2 Å². The molecule has 2 heterocycles. The average Bonchev–Trinajstić information content (AvgIpc) is 3.10. The summed E-state index contributed by atoms with van der Waals surface area (Å²) in [5.41, 5.74) is 1.42. The van der Waals surface area contributed by atoms with E-state index in [2.05, 4.69) is 20.4 Å². The van der Waals surface area contributed by atoms with Crippen molar-refractivity contribution >= 4 is 11.7 Å². The van der Waals surface area contributed by atoms with Crippen molar-refractivity contribution in [3.05, 3.63) is 53.7 Å². The van der Waals surface area contributed by atoms with Gasteiger partial charge in [-0.2, -0.15) is 0 Å². The number of carbonyl (C=O) groups excluding carboxylic acids is 1. The first-order valence-corrected chi connectivity index (χ1v) is 7.68. The predicted octanol–water partition coefficient (Wildman–Crippen LogP) is 2.57. The highest BCUT2D eigenvalue weighted by atomic mass is 16.2. The van der Waals surface area contributed by atoms with Crippen molar-refractivity contribution in [3.8, 4) is 0 Å². The molecule has 5 nitrogen and oxygen atoms in total. The minimum Gasteiger partial charge on any atom is -0.355 e. The van der Waals surface area contributed by atoms with E-state index in [1.165, 1.54) is 12.8 Å². The topological polar surface area (TPSA) is 58.1 Å². The van der Waals surface area contributed by atoms with Gasteiger partial charge in [0.25, 0.3) is 5.91 Å². The fraction of sp³-hybridized carbons (Fsp3) is 0.353. The number of rotatable bonds is 4. The lowest BCUT2D eigenvalue weighted by atomic mass is 10.1. The summed E-state index contributed by atoms with van der Waals surface area (Å²) in [6.45, 7) is 4.00. The predicted molar refractivity (Wildman–Crippen MR) is 85.8 cm³/mol. The summed E-state index contributed by atoms with van der Waals surface area (Å²) in [6, 6.07) is 13.4. The van der Waals surface area contributed by atoms with Gasteiger partial charge < -0.3 is 10.2 Å². The molecular weight excluding hydrogens is 276 g/mol. The summed E-state index contributed by atoms with van der Waals surface area (Å²) < 4.78 is 0. The van der Waals surface area contributed by atoms with Crippen LogP contribution in [0.15, 0.2) is 42.5 Å². The number of amides is 1.